The highest BCUT2D eigenvalue weighted by molar-refractivity contribution is 6.28. The van der Waals surface area contributed by atoms with Crippen LogP contribution in [0.4, 0.5) is 11.5 Å². The molecule has 0 spiro atoms. The average Bonchev–Trinajstić information content (AvgIpc) is 3.09. The molecule has 0 radical (unpaired) electrons. The van der Waals surface area contributed by atoms with Crippen molar-refractivity contribution < 1.29 is 0 Å². The van der Waals surface area contributed by atoms with Crippen molar-refractivity contribution in [2.75, 3.05) is 4.90 Å². The number of para-hydroxylation sites is 1. The molecule has 118 valence electrons. The van der Waals surface area contributed by atoms with E-state index in [1.807, 2.05) is 48.5 Å². The Labute approximate surface area is 144 Å². The Morgan fingerprint density at radius 1 is 0.917 bits per heavy atom. The van der Waals surface area contributed by atoms with Crippen molar-refractivity contribution in [1.29, 1.82) is 0 Å². The smallest absolute Gasteiger partial charge is 0.226 e. The molecule has 0 atom stereocenters. The number of nitrogens with zero attached hydrogens (tertiary/aromatic N) is 4. The van der Waals surface area contributed by atoms with Gasteiger partial charge in [0.25, 0.3) is 0 Å². The molecular formula is C18H14ClN5. The highest BCUT2D eigenvalue weighted by Crippen LogP contribution is 2.30. The Morgan fingerprint density at radius 2 is 1.62 bits per heavy atom. The third kappa shape index (κ3) is 2.81. The second-order valence-electron chi connectivity index (χ2n) is 5.32. The zero-order valence-corrected chi connectivity index (χ0v) is 13.5. The molecule has 0 amide bonds. The Hall–Kier alpha value is -2.92. The topological polar surface area (TPSA) is 57.7 Å². The first-order chi connectivity index (χ1) is 11.8. The Balaban J connectivity index is 1.87. The van der Waals surface area contributed by atoms with Gasteiger partial charge in [-0.05, 0) is 29.3 Å². The van der Waals surface area contributed by atoms with Crippen molar-refractivity contribution in [1.82, 2.24) is 19.9 Å². The average molecular weight is 336 g/mol. The molecule has 0 fully saturated rings. The lowest BCUT2D eigenvalue weighted by atomic mass is 10.2. The van der Waals surface area contributed by atoms with E-state index < -0.39 is 0 Å². The number of fused-ring (bicyclic) bond motifs is 1. The van der Waals surface area contributed by atoms with Crippen molar-refractivity contribution in [3.63, 3.8) is 0 Å². The van der Waals surface area contributed by atoms with E-state index in [-0.39, 0.29) is 5.28 Å². The maximum atomic E-state index is 6.11. The molecule has 0 aliphatic rings. The van der Waals surface area contributed by atoms with E-state index >= 15 is 0 Å². The third-order valence-electron chi connectivity index (χ3n) is 3.75. The van der Waals surface area contributed by atoms with Gasteiger partial charge >= 0.3 is 0 Å². The van der Waals surface area contributed by atoms with Crippen LogP contribution in [0.5, 0.6) is 0 Å². The quantitative estimate of drug-likeness (QED) is 0.563. The van der Waals surface area contributed by atoms with E-state index in [2.05, 4.69) is 37.0 Å². The molecule has 5 nitrogen and oxygen atoms in total. The standard InChI is InChI=1S/C18H14ClN5/c19-18-22-16-15(20-12-21-16)17(23-18)24(14-9-5-2-6-10-14)11-13-7-3-1-4-8-13/h1-10,12H,11H2,(H,20,21,22,23). The van der Waals surface area contributed by atoms with Crippen LogP contribution in [0.2, 0.25) is 5.28 Å². The van der Waals surface area contributed by atoms with Gasteiger partial charge in [-0.15, -0.1) is 0 Å². The monoisotopic (exact) mass is 335 g/mol. The predicted molar refractivity (Wildman–Crippen MR) is 95.4 cm³/mol. The fourth-order valence-electron chi connectivity index (χ4n) is 2.65. The minimum Gasteiger partial charge on any atom is -0.340 e. The number of halogens is 1. The molecule has 0 unspecified atom stereocenters. The van der Waals surface area contributed by atoms with Gasteiger partial charge in [0.1, 0.15) is 5.52 Å². The molecule has 1 N–H and O–H groups in total. The maximum Gasteiger partial charge on any atom is 0.226 e. The first-order valence-electron chi connectivity index (χ1n) is 7.54. The largest absolute Gasteiger partial charge is 0.340 e. The predicted octanol–water partition coefficient (Wildman–Crippen LogP) is 4.34. The summed E-state index contributed by atoms with van der Waals surface area (Å²) in [6.07, 6.45) is 1.60. The van der Waals surface area contributed by atoms with Crippen LogP contribution in [-0.4, -0.2) is 19.9 Å². The number of rotatable bonds is 4. The van der Waals surface area contributed by atoms with Crippen LogP contribution in [0.1, 0.15) is 5.56 Å². The number of hydrogen-bond donors (Lipinski definition) is 1. The van der Waals surface area contributed by atoms with Gasteiger partial charge in [-0.3, -0.25) is 0 Å². The molecule has 0 saturated heterocycles. The van der Waals surface area contributed by atoms with Crippen LogP contribution in [-0.2, 0) is 6.54 Å². The fourth-order valence-corrected chi connectivity index (χ4v) is 2.81. The number of aromatic nitrogens is 4. The molecule has 2 aromatic heterocycles. The highest BCUT2D eigenvalue weighted by Gasteiger charge is 2.18. The van der Waals surface area contributed by atoms with E-state index in [9.17, 15) is 0 Å². The molecule has 2 heterocycles. The molecule has 4 rings (SSSR count). The number of imidazole rings is 1. The fraction of sp³-hybridized carbons (Fsp3) is 0.0556. The lowest BCUT2D eigenvalue weighted by Crippen LogP contribution is -2.18. The number of anilines is 2. The van der Waals surface area contributed by atoms with E-state index in [1.54, 1.807) is 6.33 Å². The Bertz CT molecular complexity index is 953. The summed E-state index contributed by atoms with van der Waals surface area (Å²) >= 11 is 6.11. The van der Waals surface area contributed by atoms with Crippen LogP contribution in [0.3, 0.4) is 0 Å². The maximum absolute atomic E-state index is 6.11. The van der Waals surface area contributed by atoms with Crippen molar-refractivity contribution in [3.8, 4) is 0 Å². The van der Waals surface area contributed by atoms with Gasteiger partial charge in [-0.1, -0.05) is 48.5 Å². The zero-order valence-electron chi connectivity index (χ0n) is 12.7. The van der Waals surface area contributed by atoms with Gasteiger partial charge in [0, 0.05) is 12.2 Å². The van der Waals surface area contributed by atoms with E-state index in [0.717, 1.165) is 11.2 Å². The second-order valence-corrected chi connectivity index (χ2v) is 5.66. The van der Waals surface area contributed by atoms with Crippen LogP contribution < -0.4 is 4.90 Å². The summed E-state index contributed by atoms with van der Waals surface area (Å²) in [6.45, 7) is 0.659. The second kappa shape index (κ2) is 6.29. The third-order valence-corrected chi connectivity index (χ3v) is 3.92. The number of H-pyrrole nitrogens is 1. The van der Waals surface area contributed by atoms with Crippen molar-refractivity contribution in [2.24, 2.45) is 0 Å². The zero-order chi connectivity index (χ0) is 16.4. The minimum absolute atomic E-state index is 0.179. The summed E-state index contributed by atoms with van der Waals surface area (Å²) < 4.78 is 0. The van der Waals surface area contributed by atoms with Gasteiger partial charge in [-0.25, -0.2) is 4.98 Å². The number of aromatic amines is 1. The lowest BCUT2D eigenvalue weighted by molar-refractivity contribution is 0.946. The van der Waals surface area contributed by atoms with E-state index in [4.69, 9.17) is 11.6 Å². The van der Waals surface area contributed by atoms with E-state index in [1.165, 1.54) is 5.56 Å². The summed E-state index contributed by atoms with van der Waals surface area (Å²) in [7, 11) is 0. The van der Waals surface area contributed by atoms with Gasteiger partial charge in [-0.2, -0.15) is 9.97 Å². The summed E-state index contributed by atoms with van der Waals surface area (Å²) in [4.78, 5) is 18.0. The van der Waals surface area contributed by atoms with Crippen LogP contribution in [0, 0.1) is 0 Å². The molecule has 6 heteroatoms. The van der Waals surface area contributed by atoms with Crippen LogP contribution in [0.15, 0.2) is 67.0 Å². The van der Waals surface area contributed by atoms with Gasteiger partial charge < -0.3 is 9.88 Å². The number of nitrogens with one attached hydrogen (secondary N) is 1. The summed E-state index contributed by atoms with van der Waals surface area (Å²) in [5, 5.41) is 0.179. The molecule has 2 aromatic carbocycles. The first-order valence-corrected chi connectivity index (χ1v) is 7.92. The Morgan fingerprint density at radius 3 is 2.38 bits per heavy atom. The van der Waals surface area contributed by atoms with Gasteiger partial charge in [0.2, 0.25) is 5.28 Å². The molecule has 4 aromatic rings. The minimum atomic E-state index is 0.179. The highest BCUT2D eigenvalue weighted by atomic mass is 35.5. The summed E-state index contributed by atoms with van der Waals surface area (Å²) in [5.74, 6) is 0.706. The molecule has 0 aliphatic heterocycles. The van der Waals surface area contributed by atoms with Crippen molar-refractivity contribution in [3.05, 3.63) is 77.8 Å². The normalized spacial score (nSPS) is 10.9. The van der Waals surface area contributed by atoms with Crippen LogP contribution >= 0.6 is 11.6 Å². The lowest BCUT2D eigenvalue weighted by Gasteiger charge is -2.24. The molecule has 0 aliphatic carbocycles. The SMILES string of the molecule is Clc1nc(N(Cc2ccccc2)c2ccccc2)c2[nH]cnc2n1. The molecule has 0 saturated carbocycles. The van der Waals surface area contributed by atoms with Crippen LogP contribution in [0.25, 0.3) is 11.2 Å². The number of benzene rings is 2. The Kier molecular flexibility index (Phi) is 3.84. The first kappa shape index (κ1) is 14.7. The molecule has 24 heavy (non-hydrogen) atoms. The van der Waals surface area contributed by atoms with Gasteiger partial charge in [0.15, 0.2) is 11.5 Å². The van der Waals surface area contributed by atoms with Gasteiger partial charge in [0.05, 0.1) is 6.33 Å². The van der Waals surface area contributed by atoms with E-state index in [0.29, 0.717) is 18.0 Å². The molecular weight excluding hydrogens is 322 g/mol. The summed E-state index contributed by atoms with van der Waals surface area (Å²) in [5.41, 5.74) is 3.51. The van der Waals surface area contributed by atoms with Crippen molar-refractivity contribution >= 4 is 34.3 Å². The molecule has 0 bridgehead atoms. The van der Waals surface area contributed by atoms with Crippen molar-refractivity contribution in [2.45, 2.75) is 6.54 Å². The summed E-state index contributed by atoms with van der Waals surface area (Å²) in [6, 6.07) is 20.3. The number of hydrogen-bond acceptors (Lipinski definition) is 4.